The van der Waals surface area contributed by atoms with Crippen LogP contribution in [0.2, 0.25) is 0 Å². The minimum atomic E-state index is -0.309. The lowest BCUT2D eigenvalue weighted by Crippen LogP contribution is -2.25. The van der Waals surface area contributed by atoms with Crippen LogP contribution in [0.25, 0.3) is 33.0 Å². The van der Waals surface area contributed by atoms with E-state index in [2.05, 4.69) is 37.1 Å². The van der Waals surface area contributed by atoms with Gasteiger partial charge >= 0.3 is 6.01 Å². The highest BCUT2D eigenvalue weighted by Crippen LogP contribution is 2.53. The van der Waals surface area contributed by atoms with E-state index in [0.717, 1.165) is 52.1 Å². The summed E-state index contributed by atoms with van der Waals surface area (Å²) in [6, 6.07) is 8.80. The van der Waals surface area contributed by atoms with Crippen molar-refractivity contribution in [2.75, 3.05) is 30.4 Å². The van der Waals surface area contributed by atoms with Crippen molar-refractivity contribution in [1.82, 2.24) is 24.9 Å². The Balaban J connectivity index is 1.39. The molecule has 7 rings (SSSR count). The van der Waals surface area contributed by atoms with Gasteiger partial charge in [0.25, 0.3) is 0 Å². The molecular formula is C25H22FN7O. The number of rotatable bonds is 4. The van der Waals surface area contributed by atoms with Gasteiger partial charge in [0.05, 0.1) is 33.8 Å². The second-order valence-corrected chi connectivity index (χ2v) is 9.21. The Kier molecular flexibility index (Phi) is 4.00. The maximum absolute atomic E-state index is 14.5. The minimum Gasteiger partial charge on any atom is -0.422 e. The third-order valence-electron chi connectivity index (χ3n) is 7.31. The Hall–Kier alpha value is -4.01. The van der Waals surface area contributed by atoms with Crippen molar-refractivity contribution in [3.8, 4) is 11.8 Å². The van der Waals surface area contributed by atoms with Crippen molar-refractivity contribution in [1.29, 1.82) is 0 Å². The molecule has 0 spiro atoms. The van der Waals surface area contributed by atoms with Crippen LogP contribution in [0.3, 0.4) is 0 Å². The molecule has 0 amide bonds. The summed E-state index contributed by atoms with van der Waals surface area (Å²) in [5, 5.41) is 4.64. The number of benzene rings is 1. The second kappa shape index (κ2) is 6.99. The molecule has 1 aromatic carbocycles. The number of nitrogens with one attached hydrogen (secondary N) is 2. The Labute approximate surface area is 194 Å². The van der Waals surface area contributed by atoms with Crippen molar-refractivity contribution >= 4 is 44.5 Å². The molecule has 1 aliphatic carbocycles. The first-order valence-electron chi connectivity index (χ1n) is 11.4. The molecule has 2 aliphatic rings. The lowest BCUT2D eigenvalue weighted by Gasteiger charge is -2.21. The van der Waals surface area contributed by atoms with Gasteiger partial charge in [-0.1, -0.05) is 6.92 Å². The number of halogens is 1. The van der Waals surface area contributed by atoms with E-state index in [1.807, 2.05) is 18.2 Å². The number of pyridine rings is 2. The highest BCUT2D eigenvalue weighted by molar-refractivity contribution is 6.14. The van der Waals surface area contributed by atoms with E-state index in [1.54, 1.807) is 25.5 Å². The standard InChI is InChI=1S/C25H22FN7O/c1-12-16-10-33(11-17(12)16)24-21-15-6-13(26)7-20(27-2)22(15)30-23(21)31-25(32-24)34-14-8-19-18(29-9-14)4-3-5-28-19/h3-9,12,16-17,27H,10-11H2,1-2H3,(H,30,31,32)/t12-,16-,17+. The normalized spacial score (nSPS) is 21.4. The first-order chi connectivity index (χ1) is 16.6. The molecule has 3 atom stereocenters. The molecule has 2 N–H and O–H groups in total. The van der Waals surface area contributed by atoms with Gasteiger partial charge in [-0.05, 0) is 42.0 Å². The zero-order valence-electron chi connectivity index (χ0n) is 18.7. The number of aromatic nitrogens is 5. The lowest BCUT2D eigenvalue weighted by atomic mass is 10.1. The average molecular weight is 455 g/mol. The van der Waals surface area contributed by atoms with Gasteiger partial charge in [0.15, 0.2) is 5.75 Å². The predicted octanol–water partition coefficient (Wildman–Crippen LogP) is 4.73. The summed E-state index contributed by atoms with van der Waals surface area (Å²) < 4.78 is 20.5. The smallest absolute Gasteiger partial charge is 0.326 e. The SMILES string of the molecule is CNc1cc(F)cc2c1[nH]c1nc(Oc3cnc4cccnc4c3)nc(N3C[C@@H]4[C@@H](C)[C@@H]4C3)c12. The van der Waals surface area contributed by atoms with Crippen LogP contribution in [0.1, 0.15) is 6.92 Å². The fraction of sp³-hybridized carbons (Fsp3) is 0.280. The fourth-order valence-corrected chi connectivity index (χ4v) is 5.39. The first-order valence-corrected chi connectivity index (χ1v) is 11.4. The molecule has 34 heavy (non-hydrogen) atoms. The summed E-state index contributed by atoms with van der Waals surface area (Å²) in [4.78, 5) is 23.9. The molecule has 1 saturated carbocycles. The molecule has 0 unspecified atom stereocenters. The maximum atomic E-state index is 14.5. The summed E-state index contributed by atoms with van der Waals surface area (Å²) in [6.45, 7) is 4.16. The number of aromatic amines is 1. The molecule has 4 aromatic heterocycles. The molecule has 0 radical (unpaired) electrons. The Bertz CT molecular complexity index is 1590. The first kappa shape index (κ1) is 19.5. The number of fused-ring (bicyclic) bond motifs is 5. The molecule has 5 aromatic rings. The number of piperidine rings is 1. The molecule has 170 valence electrons. The van der Waals surface area contributed by atoms with Crippen molar-refractivity contribution in [2.24, 2.45) is 17.8 Å². The van der Waals surface area contributed by atoms with E-state index in [-0.39, 0.29) is 11.8 Å². The summed E-state index contributed by atoms with van der Waals surface area (Å²) in [6.07, 6.45) is 3.36. The third kappa shape index (κ3) is 2.89. The number of nitrogens with zero attached hydrogens (tertiary/aromatic N) is 5. The highest BCUT2D eigenvalue weighted by Gasteiger charge is 2.53. The molecule has 5 heterocycles. The van der Waals surface area contributed by atoms with Crippen molar-refractivity contribution in [3.63, 3.8) is 0 Å². The van der Waals surface area contributed by atoms with Gasteiger partial charge in [-0.15, -0.1) is 0 Å². The Morgan fingerprint density at radius 2 is 1.97 bits per heavy atom. The zero-order valence-corrected chi connectivity index (χ0v) is 18.7. The van der Waals surface area contributed by atoms with E-state index in [0.29, 0.717) is 28.9 Å². The van der Waals surface area contributed by atoms with Crippen LogP contribution in [0.4, 0.5) is 15.9 Å². The third-order valence-corrected chi connectivity index (χ3v) is 7.31. The number of anilines is 2. The lowest BCUT2D eigenvalue weighted by molar-refractivity contribution is 0.442. The molecule has 9 heteroatoms. The largest absolute Gasteiger partial charge is 0.422 e. The van der Waals surface area contributed by atoms with Crippen LogP contribution in [0.15, 0.2) is 42.7 Å². The fourth-order valence-electron chi connectivity index (χ4n) is 5.39. The number of hydrogen-bond acceptors (Lipinski definition) is 7. The van der Waals surface area contributed by atoms with E-state index in [4.69, 9.17) is 9.72 Å². The van der Waals surface area contributed by atoms with Gasteiger partial charge in [-0.3, -0.25) is 9.97 Å². The van der Waals surface area contributed by atoms with Crippen LogP contribution in [-0.4, -0.2) is 45.1 Å². The number of hydrogen-bond donors (Lipinski definition) is 2. The van der Waals surface area contributed by atoms with Crippen molar-refractivity contribution in [2.45, 2.75) is 6.92 Å². The molecule has 1 aliphatic heterocycles. The van der Waals surface area contributed by atoms with Crippen LogP contribution >= 0.6 is 0 Å². The number of H-pyrrole nitrogens is 1. The van der Waals surface area contributed by atoms with Gasteiger partial charge in [0.1, 0.15) is 17.3 Å². The van der Waals surface area contributed by atoms with E-state index in [9.17, 15) is 4.39 Å². The molecule has 8 nitrogen and oxygen atoms in total. The van der Waals surface area contributed by atoms with Crippen molar-refractivity contribution < 1.29 is 9.13 Å². The average Bonchev–Trinajstić information content (AvgIpc) is 3.19. The number of ether oxygens (including phenoxy) is 1. The highest BCUT2D eigenvalue weighted by atomic mass is 19.1. The van der Waals surface area contributed by atoms with Crippen LogP contribution in [0.5, 0.6) is 11.8 Å². The maximum Gasteiger partial charge on any atom is 0.326 e. The molecule has 0 bridgehead atoms. The minimum absolute atomic E-state index is 0.214. The van der Waals surface area contributed by atoms with E-state index in [1.165, 1.54) is 6.07 Å². The van der Waals surface area contributed by atoms with Gasteiger partial charge in [0.2, 0.25) is 0 Å². The summed E-state index contributed by atoms with van der Waals surface area (Å²) in [5.41, 5.74) is 3.59. The van der Waals surface area contributed by atoms with E-state index < -0.39 is 0 Å². The van der Waals surface area contributed by atoms with Crippen LogP contribution in [-0.2, 0) is 0 Å². The zero-order chi connectivity index (χ0) is 23.0. The monoisotopic (exact) mass is 455 g/mol. The van der Waals surface area contributed by atoms with Crippen LogP contribution in [0, 0.1) is 23.6 Å². The van der Waals surface area contributed by atoms with Crippen LogP contribution < -0.4 is 15.0 Å². The molecule has 2 fully saturated rings. The van der Waals surface area contributed by atoms with Crippen molar-refractivity contribution in [3.05, 3.63) is 48.5 Å². The van der Waals surface area contributed by atoms with Gasteiger partial charge in [-0.2, -0.15) is 9.97 Å². The van der Waals surface area contributed by atoms with Gasteiger partial charge < -0.3 is 19.9 Å². The molecule has 1 saturated heterocycles. The summed E-state index contributed by atoms with van der Waals surface area (Å²) in [7, 11) is 1.77. The predicted molar refractivity (Wildman–Crippen MR) is 129 cm³/mol. The quantitative estimate of drug-likeness (QED) is 0.405. The van der Waals surface area contributed by atoms with E-state index >= 15 is 0 Å². The second-order valence-electron chi connectivity index (χ2n) is 9.21. The Morgan fingerprint density at radius 3 is 2.79 bits per heavy atom. The molecular weight excluding hydrogens is 433 g/mol. The summed E-state index contributed by atoms with van der Waals surface area (Å²) >= 11 is 0. The van der Waals surface area contributed by atoms with Gasteiger partial charge in [-0.25, -0.2) is 4.39 Å². The summed E-state index contributed by atoms with van der Waals surface area (Å²) in [5.74, 6) is 3.07. The topological polar surface area (TPSA) is 91.8 Å². The van der Waals surface area contributed by atoms with Gasteiger partial charge in [0, 0.05) is 37.8 Å². The Morgan fingerprint density at radius 1 is 1.12 bits per heavy atom.